The monoisotopic (exact) mass is 261 g/mol. The molecular weight excluding hydrogens is 238 g/mol. The lowest BCUT2D eigenvalue weighted by Crippen LogP contribution is -2.52. The number of rotatable bonds is 3. The van der Waals surface area contributed by atoms with Crippen LogP contribution in [0.3, 0.4) is 0 Å². The lowest BCUT2D eigenvalue weighted by molar-refractivity contribution is -0.0451. The van der Waals surface area contributed by atoms with Crippen LogP contribution in [-0.2, 0) is 5.54 Å². The highest BCUT2D eigenvalue weighted by molar-refractivity contribution is 5.11. The summed E-state index contributed by atoms with van der Waals surface area (Å²) in [6, 6.07) is -0.344. The average molecular weight is 261 g/mol. The van der Waals surface area contributed by atoms with Crippen molar-refractivity contribution in [2.75, 3.05) is 6.61 Å². The Balaban J connectivity index is 1.74. The van der Waals surface area contributed by atoms with Gasteiger partial charge in [-0.15, -0.1) is 0 Å². The molecule has 4 nitrogen and oxygen atoms in total. The van der Waals surface area contributed by atoms with Gasteiger partial charge in [-0.2, -0.15) is 0 Å². The van der Waals surface area contributed by atoms with Crippen LogP contribution >= 0.6 is 0 Å². The molecule has 0 amide bonds. The molecule has 0 aliphatic heterocycles. The minimum Gasteiger partial charge on any atom is -0.394 e. The molecule has 0 radical (unpaired) electrons. The first-order valence-electron chi connectivity index (χ1n) is 7.60. The number of imidazole rings is 1. The van der Waals surface area contributed by atoms with Crippen LogP contribution in [0.1, 0.15) is 50.4 Å². The highest BCUT2D eigenvalue weighted by atomic mass is 16.3. The summed E-state index contributed by atoms with van der Waals surface area (Å²) < 4.78 is 2.33. The van der Waals surface area contributed by atoms with Crippen molar-refractivity contribution in [3.63, 3.8) is 0 Å². The number of hydrogen-bond donors (Lipinski definition) is 2. The van der Waals surface area contributed by atoms with E-state index in [9.17, 15) is 5.11 Å². The van der Waals surface area contributed by atoms with Gasteiger partial charge in [-0.25, -0.2) is 4.98 Å². The van der Waals surface area contributed by atoms with E-state index in [1.54, 1.807) is 0 Å². The molecule has 4 fully saturated rings. The third-order valence-electron chi connectivity index (χ3n) is 5.71. The normalized spacial score (nSPS) is 41.7. The Morgan fingerprint density at radius 3 is 2.37 bits per heavy atom. The average Bonchev–Trinajstić information content (AvgIpc) is 2.86. The van der Waals surface area contributed by atoms with Crippen LogP contribution in [-0.4, -0.2) is 21.3 Å². The van der Waals surface area contributed by atoms with Gasteiger partial charge in [0.1, 0.15) is 5.82 Å². The summed E-state index contributed by atoms with van der Waals surface area (Å²) in [5.74, 6) is 3.61. The summed E-state index contributed by atoms with van der Waals surface area (Å²) in [5, 5.41) is 9.33. The Morgan fingerprint density at radius 1 is 1.26 bits per heavy atom. The minimum absolute atomic E-state index is 0.0244. The zero-order valence-corrected chi connectivity index (χ0v) is 11.3. The second-order valence-electron chi connectivity index (χ2n) is 7.09. The molecule has 4 bridgehead atoms. The lowest BCUT2D eigenvalue weighted by atomic mass is 9.53. The van der Waals surface area contributed by atoms with Crippen LogP contribution in [0.25, 0.3) is 0 Å². The van der Waals surface area contributed by atoms with Crippen molar-refractivity contribution >= 4 is 0 Å². The largest absolute Gasteiger partial charge is 0.394 e. The molecule has 4 aliphatic carbocycles. The lowest BCUT2D eigenvalue weighted by Gasteiger charge is -2.57. The molecule has 1 aromatic rings. The topological polar surface area (TPSA) is 64.1 Å². The number of nitrogens with two attached hydrogens (primary N) is 1. The quantitative estimate of drug-likeness (QED) is 0.872. The third-order valence-corrected chi connectivity index (χ3v) is 5.71. The van der Waals surface area contributed by atoms with Crippen molar-refractivity contribution in [3.8, 4) is 0 Å². The van der Waals surface area contributed by atoms with Gasteiger partial charge in [0.05, 0.1) is 12.6 Å². The second kappa shape index (κ2) is 4.06. The van der Waals surface area contributed by atoms with Gasteiger partial charge in [0.15, 0.2) is 0 Å². The fraction of sp³-hybridized carbons (Fsp3) is 0.800. The summed E-state index contributed by atoms with van der Waals surface area (Å²) in [5.41, 5.74) is 6.28. The molecule has 4 heteroatoms. The first kappa shape index (κ1) is 11.9. The van der Waals surface area contributed by atoms with Crippen molar-refractivity contribution in [3.05, 3.63) is 18.2 Å². The SMILES string of the molecule is NC(CO)c1nccn1C12CC3CC(CC(C3)C1)C2. The third kappa shape index (κ3) is 1.69. The van der Waals surface area contributed by atoms with Gasteiger partial charge in [0, 0.05) is 17.9 Å². The number of nitrogens with zero attached hydrogens (tertiary/aromatic N) is 2. The summed E-state index contributed by atoms with van der Waals surface area (Å²) in [6.07, 6.45) is 12.1. The maximum Gasteiger partial charge on any atom is 0.128 e. The molecule has 0 saturated heterocycles. The Bertz CT molecular complexity index is 446. The standard InChI is InChI=1S/C15H23N3O/c16-13(9-19)14-17-1-2-18(14)15-6-10-3-11(7-15)5-12(4-10)8-15/h1-2,10-13,19H,3-9,16H2. The molecule has 0 aromatic carbocycles. The van der Waals surface area contributed by atoms with Gasteiger partial charge in [0.25, 0.3) is 0 Å². The van der Waals surface area contributed by atoms with E-state index in [-0.39, 0.29) is 18.2 Å². The molecule has 4 aliphatic rings. The van der Waals surface area contributed by atoms with Crippen molar-refractivity contribution in [2.45, 2.75) is 50.1 Å². The number of hydrogen-bond acceptors (Lipinski definition) is 3. The predicted octanol–water partition coefficient (Wildman–Crippen LogP) is 1.80. The molecule has 5 rings (SSSR count). The van der Waals surface area contributed by atoms with Gasteiger partial charge in [-0.3, -0.25) is 0 Å². The van der Waals surface area contributed by atoms with E-state index < -0.39 is 0 Å². The smallest absolute Gasteiger partial charge is 0.128 e. The zero-order valence-electron chi connectivity index (χ0n) is 11.3. The van der Waals surface area contributed by atoms with Gasteiger partial charge < -0.3 is 15.4 Å². The van der Waals surface area contributed by atoms with Gasteiger partial charge in [0.2, 0.25) is 0 Å². The molecule has 1 heterocycles. The van der Waals surface area contributed by atoms with E-state index in [1.807, 2.05) is 6.20 Å². The van der Waals surface area contributed by atoms with E-state index in [1.165, 1.54) is 38.5 Å². The van der Waals surface area contributed by atoms with Crippen LogP contribution in [0.15, 0.2) is 12.4 Å². The molecule has 4 saturated carbocycles. The Kier molecular flexibility index (Phi) is 2.55. The first-order valence-corrected chi connectivity index (χ1v) is 7.60. The van der Waals surface area contributed by atoms with Crippen LogP contribution in [0, 0.1) is 17.8 Å². The van der Waals surface area contributed by atoms with Crippen molar-refractivity contribution < 1.29 is 5.11 Å². The Hall–Kier alpha value is -0.870. The predicted molar refractivity (Wildman–Crippen MR) is 72.4 cm³/mol. The summed E-state index contributed by atoms with van der Waals surface area (Å²) in [6.45, 7) is -0.0244. The molecular formula is C15H23N3O. The van der Waals surface area contributed by atoms with E-state index >= 15 is 0 Å². The fourth-order valence-electron chi connectivity index (χ4n) is 5.43. The molecule has 1 aromatic heterocycles. The summed E-state index contributed by atoms with van der Waals surface area (Å²) in [7, 11) is 0. The van der Waals surface area contributed by atoms with Crippen molar-refractivity contribution in [2.24, 2.45) is 23.5 Å². The molecule has 1 unspecified atom stereocenters. The van der Waals surface area contributed by atoms with E-state index in [4.69, 9.17) is 5.73 Å². The Morgan fingerprint density at radius 2 is 1.84 bits per heavy atom. The highest BCUT2D eigenvalue weighted by Gasteiger charge is 2.52. The van der Waals surface area contributed by atoms with Crippen molar-refractivity contribution in [1.82, 2.24) is 9.55 Å². The molecule has 1 atom stereocenters. The Labute approximate surface area is 114 Å². The first-order chi connectivity index (χ1) is 9.20. The van der Waals surface area contributed by atoms with Crippen LogP contribution in [0.4, 0.5) is 0 Å². The minimum atomic E-state index is -0.344. The maximum atomic E-state index is 9.33. The number of aliphatic hydroxyl groups is 1. The van der Waals surface area contributed by atoms with Crippen LogP contribution in [0.5, 0.6) is 0 Å². The molecule has 3 N–H and O–H groups in total. The molecule has 0 spiro atoms. The second-order valence-corrected chi connectivity index (χ2v) is 7.09. The van der Waals surface area contributed by atoms with Crippen LogP contribution in [0.2, 0.25) is 0 Å². The highest BCUT2D eigenvalue weighted by Crippen LogP contribution is 2.59. The van der Waals surface area contributed by atoms with E-state index in [0.29, 0.717) is 0 Å². The van der Waals surface area contributed by atoms with Gasteiger partial charge in [-0.05, 0) is 56.3 Å². The van der Waals surface area contributed by atoms with E-state index in [2.05, 4.69) is 15.7 Å². The molecule has 104 valence electrons. The molecule has 19 heavy (non-hydrogen) atoms. The van der Waals surface area contributed by atoms with Crippen LogP contribution < -0.4 is 5.73 Å². The maximum absolute atomic E-state index is 9.33. The van der Waals surface area contributed by atoms with E-state index in [0.717, 1.165) is 23.6 Å². The summed E-state index contributed by atoms with van der Waals surface area (Å²) in [4.78, 5) is 4.42. The number of aromatic nitrogens is 2. The summed E-state index contributed by atoms with van der Waals surface area (Å²) >= 11 is 0. The van der Waals surface area contributed by atoms with Crippen molar-refractivity contribution in [1.29, 1.82) is 0 Å². The van der Waals surface area contributed by atoms with Gasteiger partial charge >= 0.3 is 0 Å². The zero-order chi connectivity index (χ0) is 13.0. The van der Waals surface area contributed by atoms with Gasteiger partial charge in [-0.1, -0.05) is 0 Å². The fourth-order valence-corrected chi connectivity index (χ4v) is 5.43. The number of aliphatic hydroxyl groups excluding tert-OH is 1.